The Labute approximate surface area is 160 Å². The van der Waals surface area contributed by atoms with Crippen LogP contribution in [0.4, 0.5) is 5.69 Å². The standard InChI is InChI=1S/C18H21N3O2.2ClH/c19-11-13-10-17(20-12-13)18(22)21-14-6-8-16(9-7-14)23-15-4-2-1-3-5-15;;/h1-9,13,17,20H,10-12,19H2,(H,21,22);2*1H/t13-,17-;;/m0../s1. The third-order valence-corrected chi connectivity index (χ3v) is 3.97. The van der Waals surface area contributed by atoms with Crippen LogP contribution in [0, 0.1) is 5.92 Å². The summed E-state index contributed by atoms with van der Waals surface area (Å²) in [6.07, 6.45) is 0.789. The number of anilines is 1. The Balaban J connectivity index is 0.00000156. The fourth-order valence-corrected chi connectivity index (χ4v) is 2.65. The SMILES string of the molecule is Cl.Cl.NC[C@H]1CN[C@H](C(=O)Nc2ccc(Oc3ccccc3)cc2)C1. The van der Waals surface area contributed by atoms with Gasteiger partial charge in [-0.3, -0.25) is 4.79 Å². The van der Waals surface area contributed by atoms with Gasteiger partial charge in [-0.05, 0) is 61.8 Å². The maximum Gasteiger partial charge on any atom is 0.241 e. The van der Waals surface area contributed by atoms with E-state index >= 15 is 0 Å². The van der Waals surface area contributed by atoms with E-state index < -0.39 is 0 Å². The lowest BCUT2D eigenvalue weighted by Gasteiger charge is -2.12. The van der Waals surface area contributed by atoms with Gasteiger partial charge in [-0.1, -0.05) is 18.2 Å². The molecule has 0 radical (unpaired) electrons. The smallest absolute Gasteiger partial charge is 0.241 e. The van der Waals surface area contributed by atoms with E-state index in [0.717, 1.165) is 30.2 Å². The van der Waals surface area contributed by atoms with Crippen LogP contribution in [-0.2, 0) is 4.79 Å². The second-order valence-electron chi connectivity index (χ2n) is 5.73. The first kappa shape index (κ1) is 21.3. The molecule has 1 heterocycles. The summed E-state index contributed by atoms with van der Waals surface area (Å²) in [4.78, 5) is 12.2. The lowest BCUT2D eigenvalue weighted by Crippen LogP contribution is -2.35. The minimum Gasteiger partial charge on any atom is -0.457 e. The van der Waals surface area contributed by atoms with Gasteiger partial charge in [-0.2, -0.15) is 0 Å². The summed E-state index contributed by atoms with van der Waals surface area (Å²) in [6, 6.07) is 16.8. The topological polar surface area (TPSA) is 76.4 Å². The number of hydrogen-bond donors (Lipinski definition) is 3. The number of para-hydroxylation sites is 1. The van der Waals surface area contributed by atoms with Crippen LogP contribution in [0.1, 0.15) is 6.42 Å². The molecular formula is C18H23Cl2N3O2. The average molecular weight is 384 g/mol. The van der Waals surface area contributed by atoms with Crippen molar-refractivity contribution < 1.29 is 9.53 Å². The average Bonchev–Trinajstić information content (AvgIpc) is 3.07. The molecule has 0 aliphatic carbocycles. The second-order valence-corrected chi connectivity index (χ2v) is 5.73. The van der Waals surface area contributed by atoms with Crippen molar-refractivity contribution in [1.29, 1.82) is 0 Å². The summed E-state index contributed by atoms with van der Waals surface area (Å²) in [6.45, 7) is 1.42. The van der Waals surface area contributed by atoms with E-state index in [1.807, 2.05) is 54.6 Å². The molecule has 136 valence electrons. The number of halogens is 2. The molecule has 2 atom stereocenters. The number of nitrogens with two attached hydrogens (primary N) is 1. The van der Waals surface area contributed by atoms with E-state index in [4.69, 9.17) is 10.5 Å². The van der Waals surface area contributed by atoms with Crippen LogP contribution in [-0.4, -0.2) is 25.0 Å². The summed E-state index contributed by atoms with van der Waals surface area (Å²) in [5.41, 5.74) is 6.40. The molecule has 0 aromatic heterocycles. The molecule has 1 aliphatic heterocycles. The molecule has 1 fully saturated rings. The molecule has 5 nitrogen and oxygen atoms in total. The highest BCUT2D eigenvalue weighted by molar-refractivity contribution is 5.95. The molecular weight excluding hydrogens is 361 g/mol. The number of benzene rings is 2. The minimum atomic E-state index is -0.163. The Morgan fingerprint density at radius 3 is 2.32 bits per heavy atom. The van der Waals surface area contributed by atoms with Crippen LogP contribution < -0.4 is 21.1 Å². The monoisotopic (exact) mass is 383 g/mol. The zero-order valence-electron chi connectivity index (χ0n) is 13.7. The number of hydrogen-bond acceptors (Lipinski definition) is 4. The fraction of sp³-hybridized carbons (Fsp3) is 0.278. The van der Waals surface area contributed by atoms with Gasteiger partial charge in [0.2, 0.25) is 5.91 Å². The lowest BCUT2D eigenvalue weighted by atomic mass is 10.1. The van der Waals surface area contributed by atoms with Crippen molar-refractivity contribution in [3.05, 3.63) is 54.6 Å². The molecule has 0 unspecified atom stereocenters. The molecule has 25 heavy (non-hydrogen) atoms. The van der Waals surface area contributed by atoms with Crippen LogP contribution in [0.25, 0.3) is 0 Å². The number of nitrogens with one attached hydrogen (secondary N) is 2. The van der Waals surface area contributed by atoms with Crippen molar-refractivity contribution in [2.75, 3.05) is 18.4 Å². The molecule has 0 bridgehead atoms. The van der Waals surface area contributed by atoms with E-state index in [1.165, 1.54) is 0 Å². The first-order valence-corrected chi connectivity index (χ1v) is 7.82. The second kappa shape index (κ2) is 10.3. The molecule has 1 amide bonds. The van der Waals surface area contributed by atoms with Crippen LogP contribution >= 0.6 is 24.8 Å². The Bertz CT molecular complexity index is 653. The maximum atomic E-state index is 12.2. The summed E-state index contributed by atoms with van der Waals surface area (Å²) < 4.78 is 5.73. The van der Waals surface area contributed by atoms with Crippen LogP contribution in [0.5, 0.6) is 11.5 Å². The van der Waals surface area contributed by atoms with Crippen molar-refractivity contribution in [2.24, 2.45) is 11.7 Å². The van der Waals surface area contributed by atoms with Crippen LogP contribution in [0.2, 0.25) is 0 Å². The number of rotatable bonds is 5. The van der Waals surface area contributed by atoms with E-state index in [9.17, 15) is 4.79 Å². The van der Waals surface area contributed by atoms with E-state index in [-0.39, 0.29) is 36.8 Å². The number of carbonyl (C=O) groups is 1. The summed E-state index contributed by atoms with van der Waals surface area (Å²) in [5, 5.41) is 6.13. The van der Waals surface area contributed by atoms with Crippen molar-refractivity contribution in [1.82, 2.24) is 5.32 Å². The highest BCUT2D eigenvalue weighted by Gasteiger charge is 2.28. The Hall–Kier alpha value is -1.79. The lowest BCUT2D eigenvalue weighted by molar-refractivity contribution is -0.117. The molecule has 0 saturated carbocycles. The fourth-order valence-electron chi connectivity index (χ4n) is 2.65. The molecule has 4 N–H and O–H groups in total. The minimum absolute atomic E-state index is 0. The molecule has 7 heteroatoms. The molecule has 1 aliphatic rings. The Morgan fingerprint density at radius 2 is 1.72 bits per heavy atom. The third kappa shape index (κ3) is 5.90. The van der Waals surface area contributed by atoms with Crippen molar-refractivity contribution in [2.45, 2.75) is 12.5 Å². The van der Waals surface area contributed by atoms with Gasteiger partial charge in [0.1, 0.15) is 11.5 Å². The third-order valence-electron chi connectivity index (χ3n) is 3.97. The van der Waals surface area contributed by atoms with Gasteiger partial charge in [0.15, 0.2) is 0 Å². The van der Waals surface area contributed by atoms with Crippen molar-refractivity contribution in [3.63, 3.8) is 0 Å². The zero-order chi connectivity index (χ0) is 16.1. The number of ether oxygens (including phenoxy) is 1. The number of amides is 1. The van der Waals surface area contributed by atoms with Gasteiger partial charge >= 0.3 is 0 Å². The highest BCUT2D eigenvalue weighted by atomic mass is 35.5. The molecule has 2 aromatic carbocycles. The van der Waals surface area contributed by atoms with E-state index in [0.29, 0.717) is 12.5 Å². The van der Waals surface area contributed by atoms with Crippen molar-refractivity contribution >= 4 is 36.4 Å². The Morgan fingerprint density at radius 1 is 1.08 bits per heavy atom. The van der Waals surface area contributed by atoms with Gasteiger partial charge in [-0.25, -0.2) is 0 Å². The van der Waals surface area contributed by atoms with Gasteiger partial charge in [0.25, 0.3) is 0 Å². The zero-order valence-corrected chi connectivity index (χ0v) is 15.3. The normalized spacial score (nSPS) is 18.6. The van der Waals surface area contributed by atoms with Gasteiger partial charge in [0, 0.05) is 5.69 Å². The first-order chi connectivity index (χ1) is 11.2. The highest BCUT2D eigenvalue weighted by Crippen LogP contribution is 2.23. The van der Waals surface area contributed by atoms with E-state index in [1.54, 1.807) is 0 Å². The molecule has 3 rings (SSSR count). The van der Waals surface area contributed by atoms with Crippen LogP contribution in [0.3, 0.4) is 0 Å². The Kier molecular flexibility index (Phi) is 8.72. The maximum absolute atomic E-state index is 12.2. The first-order valence-electron chi connectivity index (χ1n) is 7.82. The molecule has 1 saturated heterocycles. The predicted octanol–water partition coefficient (Wildman–Crippen LogP) is 3.20. The van der Waals surface area contributed by atoms with E-state index in [2.05, 4.69) is 10.6 Å². The largest absolute Gasteiger partial charge is 0.457 e. The summed E-state index contributed by atoms with van der Waals surface area (Å²) in [7, 11) is 0. The summed E-state index contributed by atoms with van der Waals surface area (Å²) in [5.74, 6) is 1.88. The van der Waals surface area contributed by atoms with Gasteiger partial charge in [0.05, 0.1) is 6.04 Å². The van der Waals surface area contributed by atoms with Gasteiger partial charge in [-0.15, -0.1) is 24.8 Å². The quantitative estimate of drug-likeness (QED) is 0.740. The van der Waals surface area contributed by atoms with Crippen LogP contribution in [0.15, 0.2) is 54.6 Å². The molecule has 0 spiro atoms. The van der Waals surface area contributed by atoms with Crippen molar-refractivity contribution in [3.8, 4) is 11.5 Å². The molecule has 2 aromatic rings. The predicted molar refractivity (Wildman–Crippen MR) is 105 cm³/mol. The summed E-state index contributed by atoms with van der Waals surface area (Å²) >= 11 is 0. The van der Waals surface area contributed by atoms with Gasteiger partial charge < -0.3 is 21.1 Å². The number of carbonyl (C=O) groups excluding carboxylic acids is 1.